The Bertz CT molecular complexity index is 422. The van der Waals surface area contributed by atoms with E-state index in [4.69, 9.17) is 5.26 Å². The second-order valence-corrected chi connectivity index (χ2v) is 5.83. The highest BCUT2D eigenvalue weighted by Crippen LogP contribution is 2.24. The highest BCUT2D eigenvalue weighted by atomic mass is 14.8. The van der Waals surface area contributed by atoms with Crippen LogP contribution in [-0.4, -0.2) is 6.54 Å². The number of aryl methyl sites for hydroxylation is 1. The molecule has 0 heterocycles. The number of nitrogens with zero attached hydrogens (tertiary/aromatic N) is 1. The van der Waals surface area contributed by atoms with E-state index in [1.54, 1.807) is 0 Å². The number of unbranched alkanes of at least 4 members (excludes halogenated alkanes) is 1. The van der Waals surface area contributed by atoms with Gasteiger partial charge in [0.2, 0.25) is 0 Å². The van der Waals surface area contributed by atoms with Gasteiger partial charge in [-0.3, -0.25) is 0 Å². The zero-order chi connectivity index (χ0) is 13.6. The molecule has 0 fully saturated rings. The van der Waals surface area contributed by atoms with Crippen molar-refractivity contribution in [3.05, 3.63) is 34.9 Å². The number of benzene rings is 1. The lowest BCUT2D eigenvalue weighted by atomic mass is 9.85. The van der Waals surface area contributed by atoms with Crippen LogP contribution in [0.15, 0.2) is 18.2 Å². The molecule has 2 nitrogen and oxygen atoms in total. The summed E-state index contributed by atoms with van der Waals surface area (Å²) in [6, 6.07) is 8.88. The van der Waals surface area contributed by atoms with Gasteiger partial charge < -0.3 is 5.32 Å². The standard InChI is InChI=1S/C16H24N2/c1-13-11-15(16(2,3)4)8-7-14(13)12-18-10-6-5-9-17/h7-8,11,18H,5-6,10,12H2,1-4H3. The van der Waals surface area contributed by atoms with Gasteiger partial charge in [0.1, 0.15) is 0 Å². The first-order chi connectivity index (χ1) is 8.45. The zero-order valence-corrected chi connectivity index (χ0v) is 12.0. The van der Waals surface area contributed by atoms with Gasteiger partial charge in [-0.05, 0) is 42.0 Å². The molecule has 0 aromatic heterocycles. The fourth-order valence-electron chi connectivity index (χ4n) is 1.88. The average molecular weight is 244 g/mol. The fourth-order valence-corrected chi connectivity index (χ4v) is 1.88. The molecule has 98 valence electrons. The van der Waals surface area contributed by atoms with Crippen LogP contribution in [0.3, 0.4) is 0 Å². The molecule has 0 unspecified atom stereocenters. The summed E-state index contributed by atoms with van der Waals surface area (Å²) in [5.41, 5.74) is 4.28. The first kappa shape index (κ1) is 14.7. The molecule has 0 radical (unpaired) electrons. The van der Waals surface area contributed by atoms with E-state index < -0.39 is 0 Å². The normalized spacial score (nSPS) is 11.3. The molecule has 0 aliphatic rings. The fraction of sp³-hybridized carbons (Fsp3) is 0.562. The van der Waals surface area contributed by atoms with Gasteiger partial charge in [-0.15, -0.1) is 0 Å². The number of nitrogens with one attached hydrogen (secondary N) is 1. The van der Waals surface area contributed by atoms with Crippen LogP contribution in [0.4, 0.5) is 0 Å². The minimum atomic E-state index is 0.212. The molecular weight excluding hydrogens is 220 g/mol. The second-order valence-electron chi connectivity index (χ2n) is 5.83. The second kappa shape index (κ2) is 6.56. The van der Waals surface area contributed by atoms with Crippen molar-refractivity contribution in [2.45, 2.75) is 52.5 Å². The third-order valence-corrected chi connectivity index (χ3v) is 3.17. The van der Waals surface area contributed by atoms with E-state index >= 15 is 0 Å². The third kappa shape index (κ3) is 4.50. The molecule has 0 spiro atoms. The molecule has 18 heavy (non-hydrogen) atoms. The molecule has 0 amide bonds. The Morgan fingerprint density at radius 3 is 2.56 bits per heavy atom. The Hall–Kier alpha value is -1.33. The molecule has 1 aromatic rings. The van der Waals surface area contributed by atoms with E-state index in [1.165, 1.54) is 16.7 Å². The maximum atomic E-state index is 8.46. The van der Waals surface area contributed by atoms with Crippen molar-refractivity contribution in [3.8, 4) is 6.07 Å². The Labute approximate surface area is 111 Å². The van der Waals surface area contributed by atoms with E-state index in [0.29, 0.717) is 6.42 Å². The van der Waals surface area contributed by atoms with Crippen molar-refractivity contribution in [2.24, 2.45) is 0 Å². The van der Waals surface area contributed by atoms with Gasteiger partial charge in [0.15, 0.2) is 0 Å². The molecule has 0 aliphatic heterocycles. The predicted octanol–water partition coefficient (Wildman–Crippen LogP) is 3.69. The van der Waals surface area contributed by atoms with Crippen LogP contribution in [0.1, 0.15) is 50.3 Å². The summed E-state index contributed by atoms with van der Waals surface area (Å²) < 4.78 is 0. The average Bonchev–Trinajstić information content (AvgIpc) is 2.29. The summed E-state index contributed by atoms with van der Waals surface area (Å²) in [5.74, 6) is 0. The van der Waals surface area contributed by atoms with E-state index in [0.717, 1.165) is 19.5 Å². The number of hydrogen-bond acceptors (Lipinski definition) is 2. The zero-order valence-electron chi connectivity index (χ0n) is 12.0. The molecule has 0 saturated heterocycles. The van der Waals surface area contributed by atoms with E-state index in [9.17, 15) is 0 Å². The lowest BCUT2D eigenvalue weighted by molar-refractivity contribution is 0.588. The summed E-state index contributed by atoms with van der Waals surface area (Å²) in [6.07, 6.45) is 1.56. The highest BCUT2D eigenvalue weighted by molar-refractivity contribution is 5.34. The molecule has 0 aliphatic carbocycles. The van der Waals surface area contributed by atoms with Gasteiger partial charge >= 0.3 is 0 Å². The predicted molar refractivity (Wildman–Crippen MR) is 76.4 cm³/mol. The lowest BCUT2D eigenvalue weighted by Crippen LogP contribution is -2.16. The maximum absolute atomic E-state index is 8.46. The van der Waals surface area contributed by atoms with Crippen LogP contribution >= 0.6 is 0 Å². The van der Waals surface area contributed by atoms with Crippen molar-refractivity contribution >= 4 is 0 Å². The summed E-state index contributed by atoms with van der Waals surface area (Å²) >= 11 is 0. The van der Waals surface area contributed by atoms with Crippen molar-refractivity contribution in [1.82, 2.24) is 5.32 Å². The quantitative estimate of drug-likeness (QED) is 0.802. The molecule has 1 rings (SSSR count). The molecule has 1 aromatic carbocycles. The van der Waals surface area contributed by atoms with Crippen molar-refractivity contribution in [3.63, 3.8) is 0 Å². The van der Waals surface area contributed by atoms with Crippen LogP contribution in [0, 0.1) is 18.3 Å². The van der Waals surface area contributed by atoms with Crippen molar-refractivity contribution < 1.29 is 0 Å². The van der Waals surface area contributed by atoms with E-state index in [2.05, 4.69) is 57.3 Å². The number of rotatable bonds is 5. The van der Waals surface area contributed by atoms with Crippen LogP contribution < -0.4 is 5.32 Å². The van der Waals surface area contributed by atoms with Crippen molar-refractivity contribution in [1.29, 1.82) is 5.26 Å². The summed E-state index contributed by atoms with van der Waals surface area (Å²) in [5, 5.41) is 11.8. The minimum absolute atomic E-state index is 0.212. The largest absolute Gasteiger partial charge is 0.313 e. The number of nitriles is 1. The van der Waals surface area contributed by atoms with Gasteiger partial charge in [0, 0.05) is 13.0 Å². The van der Waals surface area contributed by atoms with E-state index in [-0.39, 0.29) is 5.41 Å². The summed E-state index contributed by atoms with van der Waals surface area (Å²) in [7, 11) is 0. The molecule has 1 N–H and O–H groups in total. The Balaban J connectivity index is 2.56. The summed E-state index contributed by atoms with van der Waals surface area (Å²) in [6.45, 7) is 10.7. The molecular formula is C16H24N2. The molecule has 2 heteroatoms. The summed E-state index contributed by atoms with van der Waals surface area (Å²) in [4.78, 5) is 0. The first-order valence-corrected chi connectivity index (χ1v) is 6.63. The minimum Gasteiger partial charge on any atom is -0.313 e. The van der Waals surface area contributed by atoms with Crippen LogP contribution in [0.2, 0.25) is 0 Å². The van der Waals surface area contributed by atoms with Crippen LogP contribution in [0.25, 0.3) is 0 Å². The molecule has 0 atom stereocenters. The topological polar surface area (TPSA) is 35.8 Å². The Morgan fingerprint density at radius 1 is 1.28 bits per heavy atom. The SMILES string of the molecule is Cc1cc(C(C)(C)C)ccc1CNCCCC#N. The lowest BCUT2D eigenvalue weighted by Gasteiger charge is -2.20. The Kier molecular flexibility index (Phi) is 5.37. The van der Waals surface area contributed by atoms with Crippen LogP contribution in [-0.2, 0) is 12.0 Å². The van der Waals surface area contributed by atoms with E-state index in [1.807, 2.05) is 0 Å². The van der Waals surface area contributed by atoms with Gasteiger partial charge in [0.25, 0.3) is 0 Å². The number of hydrogen-bond donors (Lipinski definition) is 1. The maximum Gasteiger partial charge on any atom is 0.0622 e. The van der Waals surface area contributed by atoms with Crippen LogP contribution in [0.5, 0.6) is 0 Å². The van der Waals surface area contributed by atoms with Gasteiger partial charge in [-0.25, -0.2) is 0 Å². The molecule has 0 bridgehead atoms. The third-order valence-electron chi connectivity index (χ3n) is 3.17. The van der Waals surface area contributed by atoms with Gasteiger partial charge in [-0.2, -0.15) is 5.26 Å². The Morgan fingerprint density at radius 2 is 2.00 bits per heavy atom. The van der Waals surface area contributed by atoms with Crippen molar-refractivity contribution in [2.75, 3.05) is 6.54 Å². The monoisotopic (exact) mass is 244 g/mol. The van der Waals surface area contributed by atoms with Gasteiger partial charge in [0.05, 0.1) is 6.07 Å². The first-order valence-electron chi connectivity index (χ1n) is 6.63. The molecule has 0 saturated carbocycles. The highest BCUT2D eigenvalue weighted by Gasteiger charge is 2.14. The van der Waals surface area contributed by atoms with Gasteiger partial charge in [-0.1, -0.05) is 39.0 Å². The smallest absolute Gasteiger partial charge is 0.0622 e.